The summed E-state index contributed by atoms with van der Waals surface area (Å²) in [5.74, 6) is 0.271. The molecular weight excluding hydrogens is 418 g/mol. The number of benzene rings is 1. The Hall–Kier alpha value is -2.75. The standard InChI is InChI=1S/C20H19F4N5S/c21-16-5-2-14(3-6-16)12-18-26-27-19(30-18)29-9-1-8-28(10-11-29)17-7-4-15(13-25-17)20(22,23)24/h2-7,13H,1,8-12H2. The molecule has 1 fully saturated rings. The Balaban J connectivity index is 1.38. The molecule has 0 radical (unpaired) electrons. The van der Waals surface area contributed by atoms with Crippen molar-refractivity contribution in [3.63, 3.8) is 0 Å². The molecule has 3 aromatic rings. The highest BCUT2D eigenvalue weighted by molar-refractivity contribution is 7.15. The Morgan fingerprint density at radius 1 is 0.900 bits per heavy atom. The van der Waals surface area contributed by atoms with Gasteiger partial charge in [0.2, 0.25) is 5.13 Å². The Kier molecular flexibility index (Phi) is 5.85. The Morgan fingerprint density at radius 3 is 2.33 bits per heavy atom. The first-order chi connectivity index (χ1) is 14.4. The van der Waals surface area contributed by atoms with Crippen molar-refractivity contribution in [3.8, 4) is 0 Å². The fourth-order valence-electron chi connectivity index (χ4n) is 3.30. The van der Waals surface area contributed by atoms with Crippen molar-refractivity contribution in [1.82, 2.24) is 15.2 Å². The molecule has 1 saturated heterocycles. The van der Waals surface area contributed by atoms with Gasteiger partial charge in [0.05, 0.1) is 5.56 Å². The van der Waals surface area contributed by atoms with E-state index >= 15 is 0 Å². The molecule has 1 aliphatic rings. The van der Waals surface area contributed by atoms with Gasteiger partial charge in [-0.3, -0.25) is 0 Å². The lowest BCUT2D eigenvalue weighted by molar-refractivity contribution is -0.137. The van der Waals surface area contributed by atoms with Gasteiger partial charge in [-0.1, -0.05) is 23.5 Å². The first-order valence-corrected chi connectivity index (χ1v) is 10.3. The summed E-state index contributed by atoms with van der Waals surface area (Å²) in [5.41, 5.74) is 0.222. The molecule has 10 heteroatoms. The first kappa shape index (κ1) is 20.5. The zero-order valence-electron chi connectivity index (χ0n) is 15.9. The number of pyridine rings is 1. The van der Waals surface area contributed by atoms with Gasteiger partial charge in [-0.2, -0.15) is 13.2 Å². The minimum Gasteiger partial charge on any atom is -0.355 e. The topological polar surface area (TPSA) is 45.2 Å². The summed E-state index contributed by atoms with van der Waals surface area (Å²) in [6.45, 7) is 2.79. The van der Waals surface area contributed by atoms with Crippen molar-refractivity contribution in [2.24, 2.45) is 0 Å². The fraction of sp³-hybridized carbons (Fsp3) is 0.350. The molecular formula is C20H19F4N5S. The average molecular weight is 437 g/mol. The maximum Gasteiger partial charge on any atom is 0.417 e. The highest BCUT2D eigenvalue weighted by Gasteiger charge is 2.31. The van der Waals surface area contributed by atoms with Gasteiger partial charge in [0, 0.05) is 38.8 Å². The molecule has 158 valence electrons. The summed E-state index contributed by atoms with van der Waals surface area (Å²) < 4.78 is 51.2. The van der Waals surface area contributed by atoms with Gasteiger partial charge in [-0.25, -0.2) is 9.37 Å². The average Bonchev–Trinajstić information content (AvgIpc) is 3.04. The molecule has 0 bridgehead atoms. The van der Waals surface area contributed by atoms with Gasteiger partial charge in [0.25, 0.3) is 0 Å². The Morgan fingerprint density at radius 2 is 1.63 bits per heavy atom. The largest absolute Gasteiger partial charge is 0.417 e. The second-order valence-electron chi connectivity index (χ2n) is 7.01. The van der Waals surface area contributed by atoms with Crippen LogP contribution in [0, 0.1) is 5.82 Å². The molecule has 4 rings (SSSR count). The fourth-order valence-corrected chi connectivity index (χ4v) is 4.22. The van der Waals surface area contributed by atoms with Crippen LogP contribution in [-0.4, -0.2) is 41.4 Å². The maximum atomic E-state index is 13.0. The number of hydrogen-bond acceptors (Lipinski definition) is 6. The van der Waals surface area contributed by atoms with Gasteiger partial charge in [-0.15, -0.1) is 10.2 Å². The smallest absolute Gasteiger partial charge is 0.355 e. The number of nitrogens with zero attached hydrogens (tertiary/aromatic N) is 5. The van der Waals surface area contributed by atoms with Crippen LogP contribution in [0.2, 0.25) is 0 Å². The molecule has 1 aliphatic heterocycles. The predicted octanol–water partition coefficient (Wildman–Crippen LogP) is 4.40. The molecule has 0 atom stereocenters. The summed E-state index contributed by atoms with van der Waals surface area (Å²) in [4.78, 5) is 8.12. The SMILES string of the molecule is Fc1ccc(Cc2nnc(N3CCCN(c4ccc(C(F)(F)F)cn4)CC3)s2)cc1. The van der Waals surface area contributed by atoms with E-state index in [1.54, 1.807) is 12.1 Å². The van der Waals surface area contributed by atoms with E-state index in [-0.39, 0.29) is 5.82 Å². The van der Waals surface area contributed by atoms with Crippen LogP contribution >= 0.6 is 11.3 Å². The van der Waals surface area contributed by atoms with Gasteiger partial charge < -0.3 is 9.80 Å². The predicted molar refractivity (Wildman–Crippen MR) is 107 cm³/mol. The maximum absolute atomic E-state index is 13.0. The van der Waals surface area contributed by atoms with E-state index in [1.807, 2.05) is 4.90 Å². The number of halogens is 4. The number of hydrogen-bond donors (Lipinski definition) is 0. The zero-order chi connectivity index (χ0) is 21.1. The lowest BCUT2D eigenvalue weighted by Crippen LogP contribution is -2.31. The van der Waals surface area contributed by atoms with Crippen LogP contribution in [-0.2, 0) is 12.6 Å². The van der Waals surface area contributed by atoms with E-state index in [0.717, 1.165) is 40.9 Å². The van der Waals surface area contributed by atoms with E-state index in [2.05, 4.69) is 20.1 Å². The molecule has 5 nitrogen and oxygen atoms in total. The molecule has 3 heterocycles. The van der Waals surface area contributed by atoms with Gasteiger partial charge in [0.15, 0.2) is 0 Å². The van der Waals surface area contributed by atoms with E-state index in [0.29, 0.717) is 31.9 Å². The summed E-state index contributed by atoms with van der Waals surface area (Å²) in [5, 5.41) is 10.2. The first-order valence-electron chi connectivity index (χ1n) is 9.48. The highest BCUT2D eigenvalue weighted by atomic mass is 32.1. The minimum absolute atomic E-state index is 0.270. The monoisotopic (exact) mass is 437 g/mol. The molecule has 0 saturated carbocycles. The van der Waals surface area contributed by atoms with Crippen LogP contribution in [0.25, 0.3) is 0 Å². The second kappa shape index (κ2) is 8.55. The van der Waals surface area contributed by atoms with Gasteiger partial charge in [0.1, 0.15) is 16.6 Å². The van der Waals surface area contributed by atoms with E-state index < -0.39 is 11.7 Å². The van der Waals surface area contributed by atoms with E-state index in [1.165, 1.54) is 29.5 Å². The Bertz CT molecular complexity index is 972. The molecule has 0 N–H and O–H groups in total. The van der Waals surface area contributed by atoms with Crippen LogP contribution in [0.3, 0.4) is 0 Å². The summed E-state index contributed by atoms with van der Waals surface area (Å²) in [6, 6.07) is 8.81. The van der Waals surface area contributed by atoms with E-state index in [4.69, 9.17) is 0 Å². The third-order valence-electron chi connectivity index (χ3n) is 4.89. The quantitative estimate of drug-likeness (QED) is 0.567. The van der Waals surface area contributed by atoms with Gasteiger partial charge >= 0.3 is 6.18 Å². The number of anilines is 2. The molecule has 0 aliphatic carbocycles. The molecule has 1 aromatic carbocycles. The number of aromatic nitrogens is 3. The van der Waals surface area contributed by atoms with Crippen LogP contribution < -0.4 is 9.80 Å². The normalized spacial score (nSPS) is 15.3. The van der Waals surface area contributed by atoms with Crippen molar-refractivity contribution in [1.29, 1.82) is 0 Å². The molecule has 2 aromatic heterocycles. The molecule has 30 heavy (non-hydrogen) atoms. The third-order valence-corrected chi connectivity index (χ3v) is 5.87. The second-order valence-corrected chi connectivity index (χ2v) is 8.05. The number of alkyl halides is 3. The molecule has 0 spiro atoms. The van der Waals surface area contributed by atoms with Crippen LogP contribution in [0.15, 0.2) is 42.6 Å². The summed E-state index contributed by atoms with van der Waals surface area (Å²) in [7, 11) is 0. The van der Waals surface area contributed by atoms with Crippen molar-refractivity contribution >= 4 is 22.3 Å². The number of rotatable bonds is 4. The van der Waals surface area contributed by atoms with Crippen molar-refractivity contribution in [2.75, 3.05) is 36.0 Å². The van der Waals surface area contributed by atoms with Crippen LogP contribution in [0.1, 0.15) is 22.6 Å². The molecule has 0 unspecified atom stereocenters. The van der Waals surface area contributed by atoms with Crippen molar-refractivity contribution in [2.45, 2.75) is 19.0 Å². The minimum atomic E-state index is -4.38. The zero-order valence-corrected chi connectivity index (χ0v) is 16.8. The summed E-state index contributed by atoms with van der Waals surface area (Å²) in [6.07, 6.45) is -2.09. The van der Waals surface area contributed by atoms with Crippen LogP contribution in [0.5, 0.6) is 0 Å². The van der Waals surface area contributed by atoms with Crippen molar-refractivity contribution in [3.05, 3.63) is 64.5 Å². The lowest BCUT2D eigenvalue weighted by atomic mass is 10.2. The third kappa shape index (κ3) is 4.86. The van der Waals surface area contributed by atoms with E-state index in [9.17, 15) is 17.6 Å². The lowest BCUT2D eigenvalue weighted by Gasteiger charge is -2.22. The Labute approximate surface area is 175 Å². The van der Waals surface area contributed by atoms with Crippen molar-refractivity contribution < 1.29 is 17.6 Å². The van der Waals surface area contributed by atoms with Gasteiger partial charge in [-0.05, 0) is 36.2 Å². The highest BCUT2D eigenvalue weighted by Crippen LogP contribution is 2.30. The molecule has 0 amide bonds. The summed E-state index contributed by atoms with van der Waals surface area (Å²) >= 11 is 1.50. The van der Waals surface area contributed by atoms with Crippen LogP contribution in [0.4, 0.5) is 28.5 Å².